The molecule has 0 radical (unpaired) electrons. The third kappa shape index (κ3) is 5.19. The highest BCUT2D eigenvalue weighted by molar-refractivity contribution is 8.21. The van der Waals surface area contributed by atoms with Crippen LogP contribution in [0, 0.1) is 0 Å². The van der Waals surface area contributed by atoms with Gasteiger partial charge in [-0.3, -0.25) is 0 Å². The SMILES string of the molecule is CCCCCC(Sc1ccccc1)=S=O. The Bertz CT molecular complexity index is 329. The second-order valence-corrected chi connectivity index (χ2v) is 5.41. The first-order valence-electron chi connectivity index (χ1n) is 5.25. The van der Waals surface area contributed by atoms with E-state index in [2.05, 4.69) is 6.92 Å². The highest BCUT2D eigenvalue weighted by Gasteiger charge is 2.01. The average Bonchev–Trinajstić information content (AvgIpc) is 2.29. The fourth-order valence-corrected chi connectivity index (χ4v) is 2.70. The maximum absolute atomic E-state index is 10.9. The van der Waals surface area contributed by atoms with E-state index in [-0.39, 0.29) is 0 Å². The molecule has 1 nitrogen and oxygen atoms in total. The molecule has 82 valence electrons. The lowest BCUT2D eigenvalue weighted by molar-refractivity contribution is 0.700. The molecule has 0 fully saturated rings. The predicted molar refractivity (Wildman–Crippen MR) is 69.6 cm³/mol. The van der Waals surface area contributed by atoms with Crippen molar-refractivity contribution in [3.05, 3.63) is 30.3 Å². The summed E-state index contributed by atoms with van der Waals surface area (Å²) >= 11 is 2.25. The molecule has 0 bridgehead atoms. The molecule has 0 unspecified atom stereocenters. The second kappa shape index (κ2) is 7.71. The quantitative estimate of drug-likeness (QED) is 0.443. The lowest BCUT2D eigenvalue weighted by atomic mass is 10.2. The van der Waals surface area contributed by atoms with Gasteiger partial charge in [0.2, 0.25) is 0 Å². The van der Waals surface area contributed by atoms with Crippen molar-refractivity contribution in [1.29, 1.82) is 0 Å². The molecule has 15 heavy (non-hydrogen) atoms. The van der Waals surface area contributed by atoms with E-state index in [1.54, 1.807) is 11.8 Å². The summed E-state index contributed by atoms with van der Waals surface area (Å²) in [6.45, 7) is 2.17. The fourth-order valence-electron chi connectivity index (χ4n) is 1.25. The van der Waals surface area contributed by atoms with Gasteiger partial charge in [-0.1, -0.05) is 49.7 Å². The highest BCUT2D eigenvalue weighted by Crippen LogP contribution is 2.21. The number of benzene rings is 1. The lowest BCUT2D eigenvalue weighted by Crippen LogP contribution is -1.91. The zero-order chi connectivity index (χ0) is 10.9. The van der Waals surface area contributed by atoms with E-state index < -0.39 is 0 Å². The molecule has 0 spiro atoms. The molecule has 3 heteroatoms. The van der Waals surface area contributed by atoms with E-state index >= 15 is 0 Å². The summed E-state index contributed by atoms with van der Waals surface area (Å²) in [5.41, 5.74) is 0. The first-order chi connectivity index (χ1) is 7.36. The molecule has 0 aromatic heterocycles. The van der Waals surface area contributed by atoms with E-state index in [1.807, 2.05) is 30.3 Å². The van der Waals surface area contributed by atoms with Gasteiger partial charge in [-0.05, 0) is 25.0 Å². The van der Waals surface area contributed by atoms with Crippen LogP contribution in [0.4, 0.5) is 0 Å². The molecule has 0 saturated heterocycles. The normalized spacial score (nSPS) is 9.93. The van der Waals surface area contributed by atoms with Gasteiger partial charge in [-0.2, -0.15) is 0 Å². The van der Waals surface area contributed by atoms with Crippen LogP contribution in [0.3, 0.4) is 0 Å². The van der Waals surface area contributed by atoms with E-state index in [9.17, 15) is 4.21 Å². The van der Waals surface area contributed by atoms with Crippen molar-refractivity contribution in [2.24, 2.45) is 0 Å². The number of rotatable bonds is 5. The van der Waals surface area contributed by atoms with Gasteiger partial charge in [0.1, 0.15) is 0 Å². The minimum atomic E-state index is 0.645. The summed E-state index contributed by atoms with van der Waals surface area (Å²) in [6, 6.07) is 10.1. The smallest absolute Gasteiger partial charge is 0.0993 e. The minimum Gasteiger partial charge on any atom is -0.212 e. The minimum absolute atomic E-state index is 0.645. The third-order valence-corrected chi connectivity index (χ3v) is 3.84. The Labute approximate surface area is 99.4 Å². The molecule has 0 aliphatic carbocycles. The highest BCUT2D eigenvalue weighted by atomic mass is 32.2. The van der Waals surface area contributed by atoms with Crippen molar-refractivity contribution in [3.63, 3.8) is 0 Å². The molecule has 0 heterocycles. The van der Waals surface area contributed by atoms with Crippen LogP contribution in [-0.2, 0) is 11.3 Å². The van der Waals surface area contributed by atoms with Crippen molar-refractivity contribution < 1.29 is 4.21 Å². The molecule has 0 aliphatic rings. The van der Waals surface area contributed by atoms with Gasteiger partial charge >= 0.3 is 0 Å². The second-order valence-electron chi connectivity index (χ2n) is 3.33. The van der Waals surface area contributed by atoms with Crippen LogP contribution in [0.25, 0.3) is 0 Å². The Morgan fingerprint density at radius 3 is 2.53 bits per heavy atom. The van der Waals surface area contributed by atoms with E-state index in [4.69, 9.17) is 0 Å². The van der Waals surface area contributed by atoms with Crippen molar-refractivity contribution in [2.75, 3.05) is 0 Å². The van der Waals surface area contributed by atoms with Crippen molar-refractivity contribution in [1.82, 2.24) is 0 Å². The lowest BCUT2D eigenvalue weighted by Gasteiger charge is -2.02. The Kier molecular flexibility index (Phi) is 6.44. The van der Waals surface area contributed by atoms with Crippen LogP contribution in [-0.4, -0.2) is 8.41 Å². The Morgan fingerprint density at radius 1 is 1.20 bits per heavy atom. The maximum atomic E-state index is 10.9. The van der Waals surface area contributed by atoms with Crippen molar-refractivity contribution >= 4 is 27.2 Å². The fraction of sp³-hybridized carbons (Fsp3) is 0.417. The number of hydrogen-bond donors (Lipinski definition) is 0. The maximum Gasteiger partial charge on any atom is 0.0993 e. The third-order valence-electron chi connectivity index (χ3n) is 2.05. The van der Waals surface area contributed by atoms with Crippen LogP contribution >= 0.6 is 11.8 Å². The molecular formula is C12H16OS2. The zero-order valence-corrected chi connectivity index (χ0v) is 10.6. The van der Waals surface area contributed by atoms with Gasteiger partial charge in [-0.15, -0.1) is 0 Å². The summed E-state index contributed by atoms with van der Waals surface area (Å²) in [4.78, 5) is 1.16. The molecule has 0 N–H and O–H groups in total. The summed E-state index contributed by atoms with van der Waals surface area (Å²) in [5, 5.41) is 0. The summed E-state index contributed by atoms with van der Waals surface area (Å²) < 4.78 is 11.9. The number of hydrogen-bond acceptors (Lipinski definition) is 2. The van der Waals surface area contributed by atoms with Crippen molar-refractivity contribution in [3.8, 4) is 0 Å². The summed E-state index contributed by atoms with van der Waals surface area (Å²) in [5.74, 6) is 0. The van der Waals surface area contributed by atoms with Crippen molar-refractivity contribution in [2.45, 2.75) is 37.5 Å². The molecule has 0 aliphatic heterocycles. The first kappa shape index (κ1) is 12.5. The predicted octanol–water partition coefficient (Wildman–Crippen LogP) is 3.70. The summed E-state index contributed by atoms with van der Waals surface area (Å²) in [7, 11) is 0. The summed E-state index contributed by atoms with van der Waals surface area (Å²) in [6.07, 6.45) is 4.47. The average molecular weight is 240 g/mol. The van der Waals surface area contributed by atoms with Crippen LogP contribution in [0.1, 0.15) is 32.6 Å². The molecule has 0 atom stereocenters. The molecule has 0 saturated carbocycles. The first-order valence-corrected chi connectivity index (χ1v) is 6.81. The molecule has 1 rings (SSSR count). The van der Waals surface area contributed by atoms with Crippen LogP contribution in [0.15, 0.2) is 35.2 Å². The molecule has 1 aromatic carbocycles. The topological polar surface area (TPSA) is 17.1 Å². The van der Waals surface area contributed by atoms with E-state index in [0.29, 0.717) is 11.3 Å². The van der Waals surface area contributed by atoms with Gasteiger partial charge in [0, 0.05) is 4.90 Å². The van der Waals surface area contributed by atoms with E-state index in [0.717, 1.165) is 21.9 Å². The van der Waals surface area contributed by atoms with Gasteiger partial charge in [0.05, 0.1) is 15.5 Å². The van der Waals surface area contributed by atoms with Gasteiger partial charge in [-0.25, -0.2) is 4.21 Å². The standard InChI is InChI=1S/C12H16OS2/c1-2-3-5-10-12(15-13)14-11-8-6-4-7-9-11/h4,6-9H,2-3,5,10H2,1H3. The van der Waals surface area contributed by atoms with Crippen LogP contribution < -0.4 is 0 Å². The zero-order valence-electron chi connectivity index (χ0n) is 8.94. The monoisotopic (exact) mass is 240 g/mol. The van der Waals surface area contributed by atoms with Gasteiger partial charge < -0.3 is 0 Å². The van der Waals surface area contributed by atoms with Gasteiger partial charge in [0.25, 0.3) is 0 Å². The Hall–Kier alpha value is -0.540. The van der Waals surface area contributed by atoms with E-state index in [1.165, 1.54) is 12.8 Å². The number of unbranched alkanes of at least 4 members (excludes halogenated alkanes) is 2. The molecular weight excluding hydrogens is 224 g/mol. The molecule has 1 aromatic rings. The largest absolute Gasteiger partial charge is 0.212 e. The molecule has 0 amide bonds. The van der Waals surface area contributed by atoms with Gasteiger partial charge in [0.15, 0.2) is 0 Å². The van der Waals surface area contributed by atoms with Crippen LogP contribution in [0.5, 0.6) is 0 Å². The Balaban J connectivity index is 2.45. The number of thioether (sulfide) groups is 1. The Morgan fingerprint density at radius 2 is 1.93 bits per heavy atom. The van der Waals surface area contributed by atoms with Crippen LogP contribution in [0.2, 0.25) is 0 Å².